The van der Waals surface area contributed by atoms with E-state index in [0.717, 1.165) is 47.4 Å². The van der Waals surface area contributed by atoms with Gasteiger partial charge in [0.15, 0.2) is 11.5 Å². The number of methoxy groups -OCH3 is 2. The summed E-state index contributed by atoms with van der Waals surface area (Å²) in [5, 5.41) is 11.4. The third-order valence-corrected chi connectivity index (χ3v) is 8.49. The van der Waals surface area contributed by atoms with Crippen molar-refractivity contribution in [3.8, 4) is 11.5 Å². The number of benzene rings is 2. The summed E-state index contributed by atoms with van der Waals surface area (Å²) in [7, 11) is 3.18. The average molecular weight is 580 g/mol. The molecule has 3 aromatic rings. The highest BCUT2D eigenvalue weighted by atomic mass is 32.1. The van der Waals surface area contributed by atoms with Gasteiger partial charge in [0.05, 0.1) is 25.7 Å². The van der Waals surface area contributed by atoms with Crippen molar-refractivity contribution in [3.63, 3.8) is 0 Å². The van der Waals surface area contributed by atoms with Gasteiger partial charge in [0, 0.05) is 40.0 Å². The van der Waals surface area contributed by atoms with Crippen LogP contribution in [0.1, 0.15) is 57.8 Å². The minimum absolute atomic E-state index is 0.0809. The molecule has 1 aromatic heterocycles. The van der Waals surface area contributed by atoms with Gasteiger partial charge in [0.2, 0.25) is 5.91 Å². The van der Waals surface area contributed by atoms with Crippen molar-refractivity contribution < 1.29 is 24.0 Å². The van der Waals surface area contributed by atoms with Gasteiger partial charge in [-0.1, -0.05) is 31.4 Å². The van der Waals surface area contributed by atoms with Gasteiger partial charge in [-0.25, -0.2) is 0 Å². The molecule has 0 atom stereocenters. The first kappa shape index (κ1) is 30.0. The molecule has 1 aliphatic carbocycles. The maximum absolute atomic E-state index is 13.9. The van der Waals surface area contributed by atoms with Gasteiger partial charge in [0.1, 0.15) is 6.54 Å². The Bertz CT molecular complexity index is 1370. The molecular formula is C31H37N3O6S. The number of carbonyl (C=O) groups is 2. The Morgan fingerprint density at radius 1 is 1.00 bits per heavy atom. The quantitative estimate of drug-likeness (QED) is 0.192. The lowest BCUT2D eigenvalue weighted by Crippen LogP contribution is -2.48. The van der Waals surface area contributed by atoms with Gasteiger partial charge < -0.3 is 19.3 Å². The van der Waals surface area contributed by atoms with Crippen LogP contribution in [0.3, 0.4) is 0 Å². The van der Waals surface area contributed by atoms with E-state index in [2.05, 4.69) is 0 Å². The summed E-state index contributed by atoms with van der Waals surface area (Å²) in [5.74, 6) is 0.769. The Morgan fingerprint density at radius 2 is 1.76 bits per heavy atom. The van der Waals surface area contributed by atoms with E-state index < -0.39 is 4.92 Å². The fourth-order valence-corrected chi connectivity index (χ4v) is 6.18. The van der Waals surface area contributed by atoms with Crippen molar-refractivity contribution in [2.75, 3.05) is 27.3 Å². The lowest BCUT2D eigenvalue weighted by molar-refractivity contribution is -0.384. The molecule has 0 unspecified atom stereocenters. The van der Waals surface area contributed by atoms with Gasteiger partial charge >= 0.3 is 0 Å². The van der Waals surface area contributed by atoms with Crippen LogP contribution in [-0.2, 0) is 17.8 Å². The number of nitro groups is 1. The topological polar surface area (TPSA) is 102 Å². The molecular weight excluding hydrogens is 542 g/mol. The molecule has 1 fully saturated rings. The predicted molar refractivity (Wildman–Crippen MR) is 159 cm³/mol. The first-order chi connectivity index (χ1) is 19.8. The standard InChI is InChI=1S/C31H37N3O6S/c1-22-12-14-27(41-22)20-32(17-16-23-13-15-28(39-2)29(18-23)40-3)30(35)21-33(25-9-5-4-6-10-25)31(36)24-8-7-11-26(19-24)34(37)38/h7-8,11-15,18-19,25H,4-6,9-10,16-17,20-21H2,1-3H3. The molecule has 1 heterocycles. The Morgan fingerprint density at radius 3 is 2.41 bits per heavy atom. The number of non-ortho nitro benzene ring substituents is 1. The SMILES string of the molecule is COc1ccc(CCN(Cc2ccc(C)s2)C(=O)CN(C(=O)c2cccc([N+](=O)[O-])c2)C2CCCCC2)cc1OC. The maximum Gasteiger partial charge on any atom is 0.270 e. The molecule has 0 saturated heterocycles. The van der Waals surface area contributed by atoms with Crippen LogP contribution in [0.15, 0.2) is 54.6 Å². The zero-order valence-electron chi connectivity index (χ0n) is 23.8. The van der Waals surface area contributed by atoms with Crippen LogP contribution < -0.4 is 9.47 Å². The Hall–Kier alpha value is -3.92. The van der Waals surface area contributed by atoms with Crippen molar-refractivity contribution in [3.05, 3.63) is 85.6 Å². The molecule has 41 heavy (non-hydrogen) atoms. The van der Waals surface area contributed by atoms with Gasteiger partial charge in [-0.15, -0.1) is 11.3 Å². The van der Waals surface area contributed by atoms with E-state index in [4.69, 9.17) is 9.47 Å². The number of aryl methyl sites for hydroxylation is 1. The van der Waals surface area contributed by atoms with Crippen molar-refractivity contribution in [1.29, 1.82) is 0 Å². The highest BCUT2D eigenvalue weighted by molar-refractivity contribution is 7.11. The number of nitro benzene ring substituents is 1. The Balaban J connectivity index is 1.58. The number of nitrogens with zero attached hydrogens (tertiary/aromatic N) is 3. The number of thiophene rings is 1. The number of carbonyl (C=O) groups excluding carboxylic acids is 2. The van der Waals surface area contributed by atoms with E-state index in [9.17, 15) is 19.7 Å². The molecule has 0 N–H and O–H groups in total. The molecule has 0 bridgehead atoms. The van der Waals surface area contributed by atoms with Gasteiger partial charge in [-0.2, -0.15) is 0 Å². The van der Waals surface area contributed by atoms with E-state index in [1.807, 2.05) is 37.3 Å². The van der Waals surface area contributed by atoms with Crippen LogP contribution in [-0.4, -0.2) is 59.9 Å². The molecule has 1 saturated carbocycles. The first-order valence-electron chi connectivity index (χ1n) is 13.9. The summed E-state index contributed by atoms with van der Waals surface area (Å²) in [6.07, 6.45) is 5.27. The van der Waals surface area contributed by atoms with Crippen LogP contribution in [0.2, 0.25) is 0 Å². The second kappa shape index (κ2) is 14.1. The largest absolute Gasteiger partial charge is 0.493 e. The van der Waals surface area contributed by atoms with Crippen LogP contribution in [0.4, 0.5) is 5.69 Å². The van der Waals surface area contributed by atoms with Crippen molar-refractivity contribution >= 4 is 28.8 Å². The zero-order chi connectivity index (χ0) is 29.4. The van der Waals surface area contributed by atoms with Crippen LogP contribution >= 0.6 is 11.3 Å². The van der Waals surface area contributed by atoms with Gasteiger partial charge in [0.25, 0.3) is 11.6 Å². The summed E-state index contributed by atoms with van der Waals surface area (Å²) in [5.41, 5.74) is 1.08. The molecule has 4 rings (SSSR count). The monoisotopic (exact) mass is 579 g/mol. The van der Waals surface area contributed by atoms with Crippen LogP contribution in [0.5, 0.6) is 11.5 Å². The third-order valence-electron chi connectivity index (χ3n) is 7.50. The van der Waals surface area contributed by atoms with E-state index in [1.54, 1.807) is 41.4 Å². The van der Waals surface area contributed by atoms with Gasteiger partial charge in [-0.05, 0) is 62.1 Å². The fraction of sp³-hybridized carbons (Fsp3) is 0.419. The molecule has 0 spiro atoms. The molecule has 218 valence electrons. The predicted octanol–water partition coefficient (Wildman–Crippen LogP) is 6.03. The fourth-order valence-electron chi connectivity index (χ4n) is 5.27. The Labute approximate surface area is 244 Å². The molecule has 1 aliphatic rings. The summed E-state index contributed by atoms with van der Waals surface area (Å²) in [6, 6.07) is 15.5. The minimum Gasteiger partial charge on any atom is -0.493 e. The van der Waals surface area contributed by atoms with Gasteiger partial charge in [-0.3, -0.25) is 19.7 Å². The molecule has 2 aromatic carbocycles. The molecule has 0 aliphatic heterocycles. The maximum atomic E-state index is 13.9. The second-order valence-corrected chi connectivity index (χ2v) is 11.7. The van der Waals surface area contributed by atoms with E-state index in [1.165, 1.54) is 18.2 Å². The minimum atomic E-state index is -0.508. The van der Waals surface area contributed by atoms with Crippen LogP contribution in [0, 0.1) is 17.0 Å². The number of ether oxygens (including phenoxy) is 2. The van der Waals surface area contributed by atoms with Crippen molar-refractivity contribution in [1.82, 2.24) is 9.80 Å². The second-order valence-electron chi connectivity index (χ2n) is 10.3. The lowest BCUT2D eigenvalue weighted by Gasteiger charge is -2.35. The number of amides is 2. The number of hydrogen-bond acceptors (Lipinski definition) is 7. The summed E-state index contributed by atoms with van der Waals surface area (Å²) >= 11 is 1.65. The zero-order valence-corrected chi connectivity index (χ0v) is 24.7. The first-order valence-corrected chi connectivity index (χ1v) is 14.7. The molecule has 2 amide bonds. The summed E-state index contributed by atoms with van der Waals surface area (Å²) < 4.78 is 10.8. The average Bonchev–Trinajstić information content (AvgIpc) is 3.42. The smallest absolute Gasteiger partial charge is 0.270 e. The van der Waals surface area contributed by atoms with E-state index in [-0.39, 0.29) is 35.7 Å². The molecule has 10 heteroatoms. The normalized spacial score (nSPS) is 13.4. The Kier molecular flexibility index (Phi) is 10.3. The highest BCUT2D eigenvalue weighted by Crippen LogP contribution is 2.29. The molecule has 9 nitrogen and oxygen atoms in total. The summed E-state index contributed by atoms with van der Waals surface area (Å²) in [4.78, 5) is 44.2. The van der Waals surface area contributed by atoms with Crippen LogP contribution in [0.25, 0.3) is 0 Å². The third kappa shape index (κ3) is 7.85. The number of rotatable bonds is 12. The molecule has 0 radical (unpaired) electrons. The number of hydrogen-bond donors (Lipinski definition) is 0. The van der Waals surface area contributed by atoms with E-state index in [0.29, 0.717) is 31.0 Å². The lowest BCUT2D eigenvalue weighted by atomic mass is 9.93. The summed E-state index contributed by atoms with van der Waals surface area (Å²) in [6.45, 7) is 2.85. The van der Waals surface area contributed by atoms with Crippen molar-refractivity contribution in [2.24, 2.45) is 0 Å². The van der Waals surface area contributed by atoms with E-state index >= 15 is 0 Å². The highest BCUT2D eigenvalue weighted by Gasteiger charge is 2.30. The van der Waals surface area contributed by atoms with Crippen molar-refractivity contribution in [2.45, 2.75) is 58.0 Å².